The van der Waals surface area contributed by atoms with Gasteiger partial charge in [-0.15, -0.1) is 5.92 Å². The summed E-state index contributed by atoms with van der Waals surface area (Å²) >= 11 is 0. The van der Waals surface area contributed by atoms with Crippen LogP contribution in [0.4, 0.5) is 13.2 Å². The molecule has 4 nitrogen and oxygen atoms in total. The van der Waals surface area contributed by atoms with Gasteiger partial charge >= 0.3 is 12.1 Å². The van der Waals surface area contributed by atoms with Crippen LogP contribution in [0.2, 0.25) is 0 Å². The van der Waals surface area contributed by atoms with E-state index in [-0.39, 0.29) is 18.9 Å². The molecule has 31 heavy (non-hydrogen) atoms. The summed E-state index contributed by atoms with van der Waals surface area (Å²) in [5.41, 5.74) is -0.323. The zero-order valence-corrected chi connectivity index (χ0v) is 17.6. The molecule has 0 aromatic heterocycles. The second kappa shape index (κ2) is 10.3. The van der Waals surface area contributed by atoms with E-state index < -0.39 is 23.1 Å². The molecule has 166 valence electrons. The van der Waals surface area contributed by atoms with Crippen LogP contribution in [0.15, 0.2) is 48.5 Å². The lowest BCUT2D eigenvalue weighted by atomic mass is 9.95. The number of aliphatic carboxylic acids is 1. The van der Waals surface area contributed by atoms with Crippen LogP contribution in [0.5, 0.6) is 11.5 Å². The van der Waals surface area contributed by atoms with Gasteiger partial charge in [0, 0.05) is 5.41 Å². The molecule has 0 saturated heterocycles. The number of carboxylic acid groups (broad SMARTS) is 1. The molecule has 1 unspecified atom stereocenters. The van der Waals surface area contributed by atoms with Crippen LogP contribution in [0.25, 0.3) is 0 Å². The Kier molecular flexibility index (Phi) is 7.98. The predicted octanol–water partition coefficient (Wildman–Crippen LogP) is 5.77. The van der Waals surface area contributed by atoms with Gasteiger partial charge in [0.25, 0.3) is 0 Å². The molecule has 0 aliphatic heterocycles. The van der Waals surface area contributed by atoms with Crippen LogP contribution in [0, 0.1) is 17.3 Å². The zero-order valence-electron chi connectivity index (χ0n) is 17.6. The molecule has 0 saturated carbocycles. The summed E-state index contributed by atoms with van der Waals surface area (Å²) in [7, 11) is 0. The summed E-state index contributed by atoms with van der Waals surface area (Å²) in [6.07, 6.45) is -4.45. The first-order chi connectivity index (χ1) is 14.5. The molecule has 0 bridgehead atoms. The molecule has 2 aromatic rings. The summed E-state index contributed by atoms with van der Waals surface area (Å²) < 4.78 is 49.3. The van der Waals surface area contributed by atoms with E-state index in [4.69, 9.17) is 14.6 Å². The number of hydrogen-bond donors (Lipinski definition) is 1. The third kappa shape index (κ3) is 7.89. The maximum atomic E-state index is 12.6. The average molecular weight is 434 g/mol. The van der Waals surface area contributed by atoms with Crippen molar-refractivity contribution < 1.29 is 32.5 Å². The van der Waals surface area contributed by atoms with E-state index in [1.54, 1.807) is 31.2 Å². The number of carbonyl (C=O) groups is 1. The first-order valence-corrected chi connectivity index (χ1v) is 9.67. The maximum Gasteiger partial charge on any atom is 0.416 e. The lowest BCUT2D eigenvalue weighted by molar-refractivity contribution is -0.138. The number of benzene rings is 2. The van der Waals surface area contributed by atoms with Gasteiger partial charge in [-0.3, -0.25) is 4.79 Å². The second-order valence-corrected chi connectivity index (χ2v) is 7.88. The topological polar surface area (TPSA) is 55.8 Å². The molecule has 0 aliphatic rings. The van der Waals surface area contributed by atoms with Crippen molar-refractivity contribution in [3.63, 3.8) is 0 Å². The summed E-state index contributed by atoms with van der Waals surface area (Å²) in [4.78, 5) is 11.0. The molecule has 0 spiro atoms. The summed E-state index contributed by atoms with van der Waals surface area (Å²) in [6, 6.07) is 11.7. The van der Waals surface area contributed by atoms with Crippen molar-refractivity contribution in [1.82, 2.24) is 0 Å². The Morgan fingerprint density at radius 3 is 1.87 bits per heavy atom. The fourth-order valence-electron chi connectivity index (χ4n) is 2.74. The SMILES string of the molecule is CC#CC(CC(=O)O)c1ccc(OCC(C)(C)COc2ccc(C(F)(F)F)cc2)cc1. The van der Waals surface area contributed by atoms with E-state index in [0.717, 1.165) is 17.7 Å². The van der Waals surface area contributed by atoms with Crippen LogP contribution in [0.1, 0.15) is 44.2 Å². The minimum atomic E-state index is -4.38. The molecular weight excluding hydrogens is 409 g/mol. The van der Waals surface area contributed by atoms with Gasteiger partial charge in [0.15, 0.2) is 0 Å². The highest BCUT2D eigenvalue weighted by Crippen LogP contribution is 2.31. The van der Waals surface area contributed by atoms with Crippen molar-refractivity contribution in [1.29, 1.82) is 0 Å². The van der Waals surface area contributed by atoms with Gasteiger partial charge in [0.2, 0.25) is 0 Å². The molecule has 0 fully saturated rings. The summed E-state index contributed by atoms with van der Waals surface area (Å²) in [6.45, 7) is 6.08. The Bertz CT molecular complexity index is 921. The number of alkyl halides is 3. The second-order valence-electron chi connectivity index (χ2n) is 7.88. The number of ether oxygens (including phenoxy) is 2. The maximum absolute atomic E-state index is 12.6. The van der Waals surface area contributed by atoms with Gasteiger partial charge in [-0.2, -0.15) is 13.2 Å². The van der Waals surface area contributed by atoms with Gasteiger partial charge in [-0.1, -0.05) is 31.9 Å². The third-order valence-corrected chi connectivity index (χ3v) is 4.42. The Balaban J connectivity index is 1.90. The van der Waals surface area contributed by atoms with Crippen molar-refractivity contribution in [2.24, 2.45) is 5.41 Å². The number of rotatable bonds is 9. The fraction of sp³-hybridized carbons (Fsp3) is 0.375. The molecule has 0 aliphatic carbocycles. The Morgan fingerprint density at radius 1 is 0.968 bits per heavy atom. The van der Waals surface area contributed by atoms with E-state index in [0.29, 0.717) is 18.1 Å². The fourth-order valence-corrected chi connectivity index (χ4v) is 2.74. The van der Waals surface area contributed by atoms with Crippen molar-refractivity contribution in [3.05, 3.63) is 59.7 Å². The van der Waals surface area contributed by atoms with Crippen LogP contribution in [0.3, 0.4) is 0 Å². The Morgan fingerprint density at radius 2 is 1.45 bits per heavy atom. The Hall–Kier alpha value is -3.14. The van der Waals surface area contributed by atoms with Crippen LogP contribution in [-0.4, -0.2) is 24.3 Å². The first-order valence-electron chi connectivity index (χ1n) is 9.67. The number of carboxylic acids is 1. The molecular formula is C24H25F3O4. The van der Waals surface area contributed by atoms with Gasteiger partial charge < -0.3 is 14.6 Å². The van der Waals surface area contributed by atoms with E-state index >= 15 is 0 Å². The largest absolute Gasteiger partial charge is 0.493 e. The number of halogens is 3. The predicted molar refractivity (Wildman–Crippen MR) is 111 cm³/mol. The minimum Gasteiger partial charge on any atom is -0.493 e. The molecule has 2 aromatic carbocycles. The summed E-state index contributed by atoms with van der Waals surface area (Å²) in [5, 5.41) is 9.03. The monoisotopic (exact) mass is 434 g/mol. The number of hydrogen-bond acceptors (Lipinski definition) is 3. The molecule has 0 radical (unpaired) electrons. The first kappa shape index (κ1) is 24.1. The average Bonchev–Trinajstić information content (AvgIpc) is 2.70. The van der Waals surface area contributed by atoms with Crippen molar-refractivity contribution >= 4 is 5.97 Å². The molecule has 1 N–H and O–H groups in total. The van der Waals surface area contributed by atoms with Crippen molar-refractivity contribution in [2.75, 3.05) is 13.2 Å². The molecule has 0 heterocycles. The quantitative estimate of drug-likeness (QED) is 0.509. The minimum absolute atomic E-state index is 0.0740. The van der Waals surface area contributed by atoms with Gasteiger partial charge in [0.1, 0.15) is 11.5 Å². The molecule has 1 atom stereocenters. The van der Waals surface area contributed by atoms with Crippen molar-refractivity contribution in [2.45, 2.75) is 39.3 Å². The highest BCUT2D eigenvalue weighted by Gasteiger charge is 2.30. The van der Waals surface area contributed by atoms with Gasteiger partial charge in [-0.25, -0.2) is 0 Å². The van der Waals surface area contributed by atoms with E-state index in [1.807, 2.05) is 13.8 Å². The third-order valence-electron chi connectivity index (χ3n) is 4.42. The zero-order chi connectivity index (χ0) is 23.1. The standard InChI is InChI=1S/C24H25F3O4/c1-4-5-18(14-22(28)29)17-6-10-20(11-7-17)30-15-23(2,3)16-31-21-12-8-19(9-13-21)24(25,26)27/h6-13,18H,14-16H2,1-3H3,(H,28,29). The molecule has 7 heteroatoms. The van der Waals surface area contributed by atoms with E-state index in [2.05, 4.69) is 11.8 Å². The smallest absolute Gasteiger partial charge is 0.416 e. The van der Waals surface area contributed by atoms with Gasteiger partial charge in [0.05, 0.1) is 31.1 Å². The van der Waals surface area contributed by atoms with Crippen LogP contribution >= 0.6 is 0 Å². The van der Waals surface area contributed by atoms with E-state index in [9.17, 15) is 18.0 Å². The highest BCUT2D eigenvalue weighted by molar-refractivity contribution is 5.69. The van der Waals surface area contributed by atoms with Crippen LogP contribution < -0.4 is 9.47 Å². The van der Waals surface area contributed by atoms with Crippen LogP contribution in [-0.2, 0) is 11.0 Å². The molecule has 2 rings (SSSR count). The Labute approximate surface area is 180 Å². The highest BCUT2D eigenvalue weighted by atomic mass is 19.4. The lowest BCUT2D eigenvalue weighted by Crippen LogP contribution is -2.28. The molecule has 0 amide bonds. The van der Waals surface area contributed by atoms with E-state index in [1.165, 1.54) is 12.1 Å². The van der Waals surface area contributed by atoms with Crippen molar-refractivity contribution in [3.8, 4) is 23.3 Å². The summed E-state index contributed by atoms with van der Waals surface area (Å²) in [5.74, 6) is 5.33. The normalized spacial score (nSPS) is 12.5. The van der Waals surface area contributed by atoms with Gasteiger partial charge in [-0.05, 0) is 48.9 Å². The lowest BCUT2D eigenvalue weighted by Gasteiger charge is -2.25.